The summed E-state index contributed by atoms with van der Waals surface area (Å²) in [5, 5.41) is 8.69. The van der Waals surface area contributed by atoms with Gasteiger partial charge in [-0.25, -0.2) is 9.59 Å². The van der Waals surface area contributed by atoms with Gasteiger partial charge in [0.15, 0.2) is 0 Å². The lowest BCUT2D eigenvalue weighted by atomic mass is 9.93. The second-order valence-corrected chi connectivity index (χ2v) is 4.91. The Kier molecular flexibility index (Phi) is 3.26. The fourth-order valence-electron chi connectivity index (χ4n) is 1.35. The number of amides is 1. The first-order valence-electron chi connectivity index (χ1n) is 5.10. The Hall–Kier alpha value is -1.52. The molecule has 0 aliphatic carbocycles. The SMILES string of the molecule is C=C(C(=O)O)C1CN(C(=O)OC(C)(C)C)C1. The molecule has 0 spiro atoms. The van der Waals surface area contributed by atoms with E-state index in [0.29, 0.717) is 13.1 Å². The maximum atomic E-state index is 11.5. The van der Waals surface area contributed by atoms with Crippen LogP contribution in [0, 0.1) is 5.92 Å². The Morgan fingerprint density at radius 2 is 1.88 bits per heavy atom. The molecular weight excluding hydrogens is 210 g/mol. The van der Waals surface area contributed by atoms with Gasteiger partial charge in [0.1, 0.15) is 5.60 Å². The molecule has 0 atom stereocenters. The third-order valence-corrected chi connectivity index (χ3v) is 2.30. The number of likely N-dealkylation sites (tertiary alicyclic amines) is 1. The van der Waals surface area contributed by atoms with E-state index in [1.54, 1.807) is 20.8 Å². The second-order valence-electron chi connectivity index (χ2n) is 4.91. The van der Waals surface area contributed by atoms with Crippen LogP contribution in [0.5, 0.6) is 0 Å². The van der Waals surface area contributed by atoms with Gasteiger partial charge in [-0.2, -0.15) is 0 Å². The van der Waals surface area contributed by atoms with Gasteiger partial charge >= 0.3 is 12.1 Å². The summed E-state index contributed by atoms with van der Waals surface area (Å²) in [5.41, 5.74) is -0.369. The maximum Gasteiger partial charge on any atom is 0.410 e. The molecule has 5 nitrogen and oxygen atoms in total. The molecule has 1 rings (SSSR count). The molecule has 0 radical (unpaired) electrons. The van der Waals surface area contributed by atoms with Gasteiger partial charge in [0.25, 0.3) is 0 Å². The Labute approximate surface area is 94.7 Å². The summed E-state index contributed by atoms with van der Waals surface area (Å²) < 4.78 is 5.14. The van der Waals surface area contributed by atoms with E-state index in [1.807, 2.05) is 0 Å². The number of carbonyl (C=O) groups is 2. The summed E-state index contributed by atoms with van der Waals surface area (Å²) in [5.74, 6) is -1.15. The molecule has 1 fully saturated rings. The van der Waals surface area contributed by atoms with Crippen molar-refractivity contribution in [3.05, 3.63) is 12.2 Å². The van der Waals surface area contributed by atoms with Gasteiger partial charge in [0, 0.05) is 24.6 Å². The molecule has 1 heterocycles. The van der Waals surface area contributed by atoms with Crippen molar-refractivity contribution in [2.45, 2.75) is 26.4 Å². The number of hydrogen-bond donors (Lipinski definition) is 1. The first kappa shape index (κ1) is 12.5. The molecule has 5 heteroatoms. The number of hydrogen-bond acceptors (Lipinski definition) is 3. The number of rotatable bonds is 2. The summed E-state index contributed by atoms with van der Waals surface area (Å²) in [6.07, 6.45) is -0.401. The monoisotopic (exact) mass is 227 g/mol. The molecule has 90 valence electrons. The number of carboxylic acid groups (broad SMARTS) is 1. The standard InChI is InChI=1S/C11H17NO4/c1-7(9(13)14)8-5-12(6-8)10(15)16-11(2,3)4/h8H,1,5-6H2,2-4H3,(H,13,14). The zero-order chi connectivity index (χ0) is 12.5. The number of carboxylic acids is 1. The van der Waals surface area contributed by atoms with E-state index in [0.717, 1.165) is 0 Å². The predicted octanol–water partition coefficient (Wildman–Crippen LogP) is 1.49. The van der Waals surface area contributed by atoms with Crippen molar-refractivity contribution >= 4 is 12.1 Å². The minimum Gasteiger partial charge on any atom is -0.478 e. The van der Waals surface area contributed by atoms with Gasteiger partial charge in [-0.05, 0) is 20.8 Å². The number of carbonyl (C=O) groups excluding carboxylic acids is 1. The molecule has 0 aromatic carbocycles. The lowest BCUT2D eigenvalue weighted by Crippen LogP contribution is -2.52. The van der Waals surface area contributed by atoms with Gasteiger partial charge in [-0.15, -0.1) is 0 Å². The summed E-state index contributed by atoms with van der Waals surface area (Å²) in [6, 6.07) is 0. The Bertz CT molecular complexity index is 323. The quantitative estimate of drug-likeness (QED) is 0.726. The van der Waals surface area contributed by atoms with Crippen LogP contribution >= 0.6 is 0 Å². The average Bonchev–Trinajstić information content (AvgIpc) is 1.96. The van der Waals surface area contributed by atoms with Crippen LogP contribution in [0.25, 0.3) is 0 Å². The fourth-order valence-corrected chi connectivity index (χ4v) is 1.35. The minimum absolute atomic E-state index is 0.148. The van der Waals surface area contributed by atoms with E-state index >= 15 is 0 Å². The highest BCUT2D eigenvalue weighted by molar-refractivity contribution is 5.87. The second kappa shape index (κ2) is 4.15. The maximum absolute atomic E-state index is 11.5. The predicted molar refractivity (Wildman–Crippen MR) is 58.1 cm³/mol. The highest BCUT2D eigenvalue weighted by Gasteiger charge is 2.36. The molecular formula is C11H17NO4. The van der Waals surface area contributed by atoms with Crippen LogP contribution in [-0.2, 0) is 9.53 Å². The van der Waals surface area contributed by atoms with Crippen LogP contribution in [-0.4, -0.2) is 40.8 Å². The fraction of sp³-hybridized carbons (Fsp3) is 0.636. The van der Waals surface area contributed by atoms with Crippen molar-refractivity contribution in [1.29, 1.82) is 0 Å². The molecule has 1 aliphatic rings. The molecule has 0 aromatic heterocycles. The van der Waals surface area contributed by atoms with Crippen LogP contribution < -0.4 is 0 Å². The molecule has 0 aromatic rings. The Balaban J connectivity index is 2.39. The first-order valence-corrected chi connectivity index (χ1v) is 5.10. The van der Waals surface area contributed by atoms with Gasteiger partial charge in [0.2, 0.25) is 0 Å². The van der Waals surface area contributed by atoms with E-state index in [9.17, 15) is 9.59 Å². The lowest BCUT2D eigenvalue weighted by Gasteiger charge is -2.39. The summed E-state index contributed by atoms with van der Waals surface area (Å²) in [6.45, 7) is 9.59. The third kappa shape index (κ3) is 2.98. The smallest absolute Gasteiger partial charge is 0.410 e. The third-order valence-electron chi connectivity index (χ3n) is 2.30. The van der Waals surface area contributed by atoms with E-state index in [1.165, 1.54) is 4.90 Å². The van der Waals surface area contributed by atoms with Crippen molar-refractivity contribution < 1.29 is 19.4 Å². The van der Waals surface area contributed by atoms with E-state index < -0.39 is 17.7 Å². The van der Waals surface area contributed by atoms with E-state index in [-0.39, 0.29) is 11.5 Å². The molecule has 1 amide bonds. The van der Waals surface area contributed by atoms with Gasteiger partial charge < -0.3 is 14.7 Å². The van der Waals surface area contributed by atoms with Crippen LogP contribution in [0.15, 0.2) is 12.2 Å². The summed E-state index contributed by atoms with van der Waals surface area (Å²) >= 11 is 0. The molecule has 16 heavy (non-hydrogen) atoms. The average molecular weight is 227 g/mol. The van der Waals surface area contributed by atoms with Crippen molar-refractivity contribution in [2.75, 3.05) is 13.1 Å². The lowest BCUT2D eigenvalue weighted by molar-refractivity contribution is -0.133. The highest BCUT2D eigenvalue weighted by Crippen LogP contribution is 2.24. The van der Waals surface area contributed by atoms with Gasteiger partial charge in [-0.3, -0.25) is 0 Å². The van der Waals surface area contributed by atoms with Crippen LogP contribution in [0.3, 0.4) is 0 Å². The summed E-state index contributed by atoms with van der Waals surface area (Å²) in [7, 11) is 0. The zero-order valence-electron chi connectivity index (χ0n) is 9.82. The molecule has 1 aliphatic heterocycles. The molecule has 0 bridgehead atoms. The van der Waals surface area contributed by atoms with Gasteiger partial charge in [0.05, 0.1) is 0 Å². The van der Waals surface area contributed by atoms with Crippen molar-refractivity contribution in [3.8, 4) is 0 Å². The van der Waals surface area contributed by atoms with Crippen molar-refractivity contribution in [1.82, 2.24) is 4.90 Å². The molecule has 0 unspecified atom stereocenters. The Morgan fingerprint density at radius 3 is 2.25 bits per heavy atom. The topological polar surface area (TPSA) is 66.8 Å². The minimum atomic E-state index is -1.01. The molecule has 0 saturated carbocycles. The Morgan fingerprint density at radius 1 is 1.38 bits per heavy atom. The largest absolute Gasteiger partial charge is 0.478 e. The number of ether oxygens (including phenoxy) is 1. The normalized spacial score (nSPS) is 16.6. The van der Waals surface area contributed by atoms with E-state index in [2.05, 4.69) is 6.58 Å². The van der Waals surface area contributed by atoms with Crippen molar-refractivity contribution in [2.24, 2.45) is 5.92 Å². The van der Waals surface area contributed by atoms with E-state index in [4.69, 9.17) is 9.84 Å². The van der Waals surface area contributed by atoms with Gasteiger partial charge in [-0.1, -0.05) is 6.58 Å². The first-order chi connectivity index (χ1) is 7.20. The highest BCUT2D eigenvalue weighted by atomic mass is 16.6. The van der Waals surface area contributed by atoms with Crippen LogP contribution in [0.4, 0.5) is 4.79 Å². The molecule has 1 saturated heterocycles. The van der Waals surface area contributed by atoms with Crippen LogP contribution in [0.1, 0.15) is 20.8 Å². The zero-order valence-corrected chi connectivity index (χ0v) is 9.82. The number of aliphatic carboxylic acids is 1. The van der Waals surface area contributed by atoms with Crippen LogP contribution in [0.2, 0.25) is 0 Å². The summed E-state index contributed by atoms with van der Waals surface area (Å²) in [4.78, 5) is 23.6. The number of nitrogens with zero attached hydrogens (tertiary/aromatic N) is 1. The molecule has 1 N–H and O–H groups in total. The van der Waals surface area contributed by atoms with Crippen molar-refractivity contribution in [3.63, 3.8) is 0 Å².